The molecule has 8 heteroatoms. The second kappa shape index (κ2) is 9.12. The molecule has 1 heterocycles. The van der Waals surface area contributed by atoms with E-state index in [1.54, 1.807) is 19.1 Å². The van der Waals surface area contributed by atoms with Crippen LogP contribution in [0.3, 0.4) is 0 Å². The highest BCUT2D eigenvalue weighted by Gasteiger charge is 2.41. The van der Waals surface area contributed by atoms with E-state index in [9.17, 15) is 19.2 Å². The van der Waals surface area contributed by atoms with Crippen molar-refractivity contribution in [1.82, 2.24) is 0 Å². The average Bonchev–Trinajstić information content (AvgIpc) is 3.01. The maximum Gasteiger partial charge on any atom is 0.351 e. The Kier molecular flexibility index (Phi) is 6.57. The largest absolute Gasteiger partial charge is 0.462 e. The molecule has 0 saturated carbocycles. The Morgan fingerprint density at radius 2 is 1.97 bits per heavy atom. The second-order valence-electron chi connectivity index (χ2n) is 6.06. The molecule has 2 aromatic rings. The molecule has 29 heavy (non-hydrogen) atoms. The molecule has 1 aliphatic rings. The van der Waals surface area contributed by atoms with E-state index in [0.717, 1.165) is 17.3 Å². The van der Waals surface area contributed by atoms with Crippen LogP contribution in [0.1, 0.15) is 12.5 Å². The van der Waals surface area contributed by atoms with E-state index in [1.807, 2.05) is 18.2 Å². The van der Waals surface area contributed by atoms with Crippen molar-refractivity contribution in [1.29, 1.82) is 5.26 Å². The van der Waals surface area contributed by atoms with Gasteiger partial charge in [-0.3, -0.25) is 9.69 Å². The Bertz CT molecular complexity index is 1020. The number of esters is 1. The molecule has 1 aliphatic heterocycles. The summed E-state index contributed by atoms with van der Waals surface area (Å²) in [5.74, 6) is -1.60. The summed E-state index contributed by atoms with van der Waals surface area (Å²) in [4.78, 5) is 26.7. The van der Waals surface area contributed by atoms with Gasteiger partial charge in [0.15, 0.2) is 5.57 Å². The van der Waals surface area contributed by atoms with Gasteiger partial charge < -0.3 is 4.74 Å². The van der Waals surface area contributed by atoms with Crippen LogP contribution in [0.4, 0.5) is 10.1 Å². The molecule has 1 amide bonds. The van der Waals surface area contributed by atoms with Gasteiger partial charge in [0, 0.05) is 10.7 Å². The molecule has 1 unspecified atom stereocenters. The first-order chi connectivity index (χ1) is 14.0. The van der Waals surface area contributed by atoms with E-state index in [2.05, 4.69) is 0 Å². The van der Waals surface area contributed by atoms with Crippen molar-refractivity contribution in [3.05, 3.63) is 75.5 Å². The molecule has 0 bridgehead atoms. The van der Waals surface area contributed by atoms with E-state index in [-0.39, 0.29) is 23.1 Å². The molecule has 0 spiro atoms. The monoisotopic (exact) mass is 430 g/mol. The molecule has 0 N–H and O–H groups in total. The third-order valence-corrected chi connectivity index (χ3v) is 5.84. The predicted molar refractivity (Wildman–Crippen MR) is 110 cm³/mol. The molecule has 2 aromatic carbocycles. The van der Waals surface area contributed by atoms with E-state index in [1.165, 1.54) is 29.2 Å². The lowest BCUT2D eigenvalue weighted by molar-refractivity contribution is -0.138. The summed E-state index contributed by atoms with van der Waals surface area (Å²) in [5.41, 5.74) is 0.865. The second-order valence-corrected chi connectivity index (χ2v) is 7.66. The third-order valence-electron chi connectivity index (χ3n) is 4.21. The summed E-state index contributed by atoms with van der Waals surface area (Å²) < 4.78 is 18.3. The lowest BCUT2D eigenvalue weighted by Gasteiger charge is -2.18. The first kappa shape index (κ1) is 20.9. The Labute approximate surface area is 176 Å². The fraction of sp³-hybridized carbons (Fsp3) is 0.190. The van der Waals surface area contributed by atoms with E-state index < -0.39 is 17.0 Å². The fourth-order valence-electron chi connectivity index (χ4n) is 2.86. The Hall–Kier alpha value is -2.82. The number of hydrogen-bond donors (Lipinski definition) is 0. The number of nitrogens with zero attached hydrogens (tertiary/aromatic N) is 2. The Morgan fingerprint density at radius 3 is 2.59 bits per heavy atom. The van der Waals surface area contributed by atoms with Crippen LogP contribution in [-0.2, 0) is 20.7 Å². The number of nitriles is 1. The number of halogens is 2. The highest BCUT2D eigenvalue weighted by molar-refractivity contribution is 8.05. The SMILES string of the molecule is CCOC(=O)C(C#N)=C1SC(Cc2ccccc2Cl)C(=O)N1c1ccc(F)cc1. The molecular formula is C21H16ClFN2O3S. The molecule has 3 rings (SSSR count). The standard InChI is InChI=1S/C21H16ClFN2O3S/c1-2-28-21(27)16(12-24)20-25(15-9-7-14(23)8-10-15)19(26)18(29-20)11-13-5-3-4-6-17(13)22/h3-10,18H,2,11H2,1H3. The third kappa shape index (κ3) is 4.44. The summed E-state index contributed by atoms with van der Waals surface area (Å²) in [5, 5.41) is 9.65. The lowest BCUT2D eigenvalue weighted by atomic mass is 10.1. The zero-order chi connectivity index (χ0) is 21.0. The van der Waals surface area contributed by atoms with Crippen LogP contribution < -0.4 is 4.90 Å². The summed E-state index contributed by atoms with van der Waals surface area (Å²) in [6.45, 7) is 1.72. The first-order valence-electron chi connectivity index (χ1n) is 8.77. The quantitative estimate of drug-likeness (QED) is 0.397. The van der Waals surface area contributed by atoms with Crippen molar-refractivity contribution in [3.8, 4) is 6.07 Å². The smallest absolute Gasteiger partial charge is 0.351 e. The van der Waals surface area contributed by atoms with Crippen LogP contribution in [0.15, 0.2) is 59.1 Å². The molecule has 1 fully saturated rings. The van der Waals surface area contributed by atoms with Crippen LogP contribution in [0, 0.1) is 17.1 Å². The molecule has 5 nitrogen and oxygen atoms in total. The number of rotatable bonds is 5. The van der Waals surface area contributed by atoms with Gasteiger partial charge in [0.05, 0.1) is 11.9 Å². The van der Waals surface area contributed by atoms with Gasteiger partial charge in [-0.15, -0.1) is 0 Å². The van der Waals surface area contributed by atoms with Gasteiger partial charge in [-0.05, 0) is 49.2 Å². The number of amides is 1. The minimum Gasteiger partial charge on any atom is -0.462 e. The number of anilines is 1. The Balaban J connectivity index is 2.05. The molecule has 0 aliphatic carbocycles. The minimum absolute atomic E-state index is 0.0928. The molecule has 148 valence electrons. The molecular weight excluding hydrogens is 415 g/mol. The number of carbonyl (C=O) groups is 2. The summed E-state index contributed by atoms with van der Waals surface area (Å²) in [6.07, 6.45) is 0.311. The topological polar surface area (TPSA) is 70.4 Å². The molecule has 1 saturated heterocycles. The van der Waals surface area contributed by atoms with Crippen molar-refractivity contribution in [2.45, 2.75) is 18.6 Å². The summed E-state index contributed by atoms with van der Waals surface area (Å²) in [7, 11) is 0. The van der Waals surface area contributed by atoms with Crippen LogP contribution in [0.25, 0.3) is 0 Å². The van der Waals surface area contributed by atoms with Gasteiger partial charge in [-0.2, -0.15) is 5.26 Å². The van der Waals surface area contributed by atoms with Gasteiger partial charge in [-0.1, -0.05) is 41.6 Å². The van der Waals surface area contributed by atoms with Gasteiger partial charge in [0.25, 0.3) is 0 Å². The van der Waals surface area contributed by atoms with Gasteiger partial charge in [0.2, 0.25) is 5.91 Å². The van der Waals surface area contributed by atoms with Crippen molar-refractivity contribution in [2.24, 2.45) is 0 Å². The van der Waals surface area contributed by atoms with Crippen LogP contribution in [0.2, 0.25) is 5.02 Å². The number of benzene rings is 2. The number of hydrogen-bond acceptors (Lipinski definition) is 5. The van der Waals surface area contributed by atoms with Crippen LogP contribution in [0.5, 0.6) is 0 Å². The molecule has 0 aromatic heterocycles. The fourth-order valence-corrected chi connectivity index (χ4v) is 4.36. The van der Waals surface area contributed by atoms with E-state index in [4.69, 9.17) is 16.3 Å². The maximum atomic E-state index is 13.4. The number of carbonyl (C=O) groups excluding carboxylic acids is 2. The number of ether oxygens (including phenoxy) is 1. The molecule has 0 radical (unpaired) electrons. The van der Waals surface area contributed by atoms with Crippen molar-refractivity contribution in [3.63, 3.8) is 0 Å². The van der Waals surface area contributed by atoms with Crippen molar-refractivity contribution in [2.75, 3.05) is 11.5 Å². The summed E-state index contributed by atoms with van der Waals surface area (Å²) in [6, 6.07) is 14.3. The van der Waals surface area contributed by atoms with Gasteiger partial charge >= 0.3 is 5.97 Å². The lowest BCUT2D eigenvalue weighted by Crippen LogP contribution is -2.30. The number of thioether (sulfide) groups is 1. The average molecular weight is 431 g/mol. The van der Waals surface area contributed by atoms with E-state index in [0.29, 0.717) is 17.1 Å². The predicted octanol–water partition coefficient (Wildman–Crippen LogP) is 4.47. The van der Waals surface area contributed by atoms with Crippen molar-refractivity contribution >= 4 is 40.9 Å². The van der Waals surface area contributed by atoms with Crippen LogP contribution >= 0.6 is 23.4 Å². The zero-order valence-corrected chi connectivity index (χ0v) is 17.0. The highest BCUT2D eigenvalue weighted by Crippen LogP contribution is 2.42. The normalized spacial score (nSPS) is 17.8. The minimum atomic E-state index is -0.809. The summed E-state index contributed by atoms with van der Waals surface area (Å²) >= 11 is 7.32. The van der Waals surface area contributed by atoms with Gasteiger partial charge in [-0.25, -0.2) is 9.18 Å². The van der Waals surface area contributed by atoms with Gasteiger partial charge in [0.1, 0.15) is 16.9 Å². The molecule has 1 atom stereocenters. The van der Waals surface area contributed by atoms with Crippen LogP contribution in [-0.4, -0.2) is 23.7 Å². The zero-order valence-electron chi connectivity index (χ0n) is 15.4. The van der Waals surface area contributed by atoms with E-state index >= 15 is 0 Å². The van der Waals surface area contributed by atoms with Crippen molar-refractivity contribution < 1.29 is 18.7 Å². The Morgan fingerprint density at radius 1 is 1.28 bits per heavy atom. The first-order valence-corrected chi connectivity index (χ1v) is 10.0. The maximum absolute atomic E-state index is 13.4. The highest BCUT2D eigenvalue weighted by atomic mass is 35.5.